The van der Waals surface area contributed by atoms with E-state index >= 15 is 0 Å². The summed E-state index contributed by atoms with van der Waals surface area (Å²) >= 11 is 30.1. The Bertz CT molecular complexity index is 4490. The number of terminal acetylenes is 1. The van der Waals surface area contributed by atoms with Gasteiger partial charge >= 0.3 is 241 Å². The van der Waals surface area contributed by atoms with Gasteiger partial charge < -0.3 is 30.1 Å². The van der Waals surface area contributed by atoms with E-state index < -0.39 is 5.92 Å². The van der Waals surface area contributed by atoms with E-state index in [0.717, 1.165) is 115 Å². The van der Waals surface area contributed by atoms with Gasteiger partial charge in [-0.1, -0.05) is 131 Å². The van der Waals surface area contributed by atoms with Gasteiger partial charge in [-0.2, -0.15) is 10.2 Å². The fourth-order valence-electron chi connectivity index (χ4n) is 9.31. The fraction of sp³-hybridized carbons (Fsp3) is 0.289. The number of nitrogens with zero attached hydrogens (tertiary/aromatic N) is 12. The molecule has 0 bridgehead atoms. The van der Waals surface area contributed by atoms with E-state index in [-0.39, 0.29) is 132 Å². The quantitative estimate of drug-likeness (QED) is 0.0266. The van der Waals surface area contributed by atoms with Crippen LogP contribution in [0.5, 0.6) is 0 Å². The molecule has 0 saturated carbocycles. The summed E-state index contributed by atoms with van der Waals surface area (Å²) in [5.74, 6) is 6.63. The predicted molar refractivity (Wildman–Crippen MR) is 442 cm³/mol. The zero-order chi connectivity index (χ0) is 78.2. The average molecular weight is 1720 g/mol. The molecule has 21 nitrogen and oxygen atoms in total. The normalized spacial score (nSPS) is 10.6. The summed E-state index contributed by atoms with van der Waals surface area (Å²) in [6.07, 6.45) is 23.1. The van der Waals surface area contributed by atoms with Crippen molar-refractivity contribution in [3.05, 3.63) is 263 Å². The molecular formula is C76H92Cl4K7N17O4. The van der Waals surface area contributed by atoms with Gasteiger partial charge in [-0.25, -0.2) is 39.9 Å². The molecule has 32 heteroatoms. The Kier molecular flexibility index (Phi) is 67.1. The monoisotopic (exact) mass is 1720 g/mol. The van der Waals surface area contributed by atoms with Gasteiger partial charge in [0.05, 0.1) is 41.8 Å². The first-order valence-electron chi connectivity index (χ1n) is 33.7. The van der Waals surface area contributed by atoms with E-state index in [2.05, 4.69) is 68.9 Å². The number of rotatable bonds is 16. The molecule has 0 spiro atoms. The number of aromatic nitrogens is 12. The van der Waals surface area contributed by atoms with Crippen molar-refractivity contribution in [3.8, 4) is 24.2 Å². The standard InChI is InChI=1S/C21H25N5O.C16H18ClN3O.C16H14ClN3O.C11H11NO.C5H4Cl2N2.C4H7N3.3CH4.7K.H/c1-14-11-23-20(10-16-12-24-26(3)13-16)25-19(14)9-8-17-6-4-5-7-18(17)15(2)21(22)27;2*1-10-9-19-16(17)20-14(10)8-7-12-5-3-4-6-13(12)11(2)15(18)21;1-3-9-6-4-5-7-10(9)8(2)11(12)13;1-3-2-8-5(7)9-4(3)6;1-7-3-4(5)2-6-7;;;;;;;;;;;/h4-7,11-13,15H,8-10H2,1-3H3,(H2,22,27);3-6,9,11H,7-8H2,1-2H3,(H2,18,21);3-6,9,11H,1-2H3,(H2,18,21);1,4-8H,2H3,(H2,12,13);2H,1H3;2-3H,5H2,1H3;3*1H4;;;;;;;;/q;;;;;;;;;;;;;;;+1;-1. The molecule has 10 rings (SSSR count). The van der Waals surface area contributed by atoms with Gasteiger partial charge in [0.25, 0.3) is 0 Å². The summed E-state index contributed by atoms with van der Waals surface area (Å²) in [5, 5.41) is 9.01. The van der Waals surface area contributed by atoms with Crippen molar-refractivity contribution >= 4 is 265 Å². The van der Waals surface area contributed by atoms with Crippen LogP contribution in [-0.2, 0) is 65.4 Å². The van der Waals surface area contributed by atoms with Crippen molar-refractivity contribution in [1.29, 1.82) is 0 Å². The number of halogens is 4. The Morgan fingerprint density at radius 2 is 0.843 bits per heavy atom. The molecule has 4 atom stereocenters. The molecule has 6 heterocycles. The van der Waals surface area contributed by atoms with Crippen LogP contribution in [0.15, 0.2) is 147 Å². The molecule has 108 heavy (non-hydrogen) atoms. The zero-order valence-corrected chi connectivity index (χ0v) is 88.1. The molecule has 6 aromatic heterocycles. The molecule has 0 fully saturated rings. The number of carbonyl (C=O) groups is 4. The first-order chi connectivity index (χ1) is 49.6. The average Bonchev–Trinajstić information content (AvgIpc) is 1.83. The molecule has 10 N–H and O–H groups in total. The van der Waals surface area contributed by atoms with E-state index in [1.807, 2.05) is 159 Å². The van der Waals surface area contributed by atoms with Crippen molar-refractivity contribution in [2.75, 3.05) is 5.73 Å². The van der Waals surface area contributed by atoms with E-state index in [0.29, 0.717) is 23.0 Å². The predicted octanol–water partition coefficient (Wildman–Crippen LogP) is 7.81. The molecule has 4 amide bonds. The van der Waals surface area contributed by atoms with Gasteiger partial charge in [0.1, 0.15) is 16.7 Å². The molecule has 540 valence electrons. The van der Waals surface area contributed by atoms with Gasteiger partial charge in [0, 0.05) is 91.3 Å². The number of nitrogen functional groups attached to an aromatic ring is 1. The number of hydrogen-bond donors (Lipinski definition) is 5. The van der Waals surface area contributed by atoms with Crippen molar-refractivity contribution < 1.29 is 72.0 Å². The molecule has 0 radical (unpaired) electrons. The van der Waals surface area contributed by atoms with E-state index in [9.17, 15) is 19.2 Å². The number of amides is 4. The number of carbonyl (C=O) groups excluding carboxylic acids is 4. The van der Waals surface area contributed by atoms with Gasteiger partial charge in [-0.05, 0) is 184 Å². The van der Waals surface area contributed by atoms with Crippen molar-refractivity contribution in [3.63, 3.8) is 0 Å². The van der Waals surface area contributed by atoms with Gasteiger partial charge in [-0.15, -0.1) is 6.42 Å². The van der Waals surface area contributed by atoms with Gasteiger partial charge in [-0.3, -0.25) is 28.5 Å². The Labute approximate surface area is 839 Å². The molecule has 10 aromatic rings. The van der Waals surface area contributed by atoms with Crippen LogP contribution >= 0.6 is 46.4 Å². The second-order valence-corrected chi connectivity index (χ2v) is 23.9. The van der Waals surface area contributed by atoms with Crippen LogP contribution in [0.25, 0.3) is 0 Å². The van der Waals surface area contributed by atoms with Crippen LogP contribution < -0.4 is 80.1 Å². The van der Waals surface area contributed by atoms with Crippen molar-refractivity contribution in [2.24, 2.45) is 37.0 Å². The molecule has 0 aliphatic heterocycles. The van der Waals surface area contributed by atoms with Crippen LogP contribution in [-0.4, -0.2) is 273 Å². The van der Waals surface area contributed by atoms with Crippen LogP contribution in [0.4, 0.5) is 5.69 Å². The minimum absolute atomic E-state index is 0. The maximum absolute atomic E-state index is 11.6. The third-order valence-corrected chi connectivity index (χ3v) is 16.1. The zero-order valence-electron chi connectivity index (χ0n) is 64.2. The van der Waals surface area contributed by atoms with Crippen molar-refractivity contribution in [1.82, 2.24) is 59.4 Å². The summed E-state index contributed by atoms with van der Waals surface area (Å²) < 4.78 is 3.44. The third kappa shape index (κ3) is 42.6. The second-order valence-electron chi connectivity index (χ2n) is 22.6. The summed E-state index contributed by atoms with van der Waals surface area (Å²) in [4.78, 5) is 78.1. The molecule has 4 unspecified atom stereocenters. The first kappa shape index (κ1) is 113. The Hall–Kier alpha value is 1.03. The SMILES string of the molecule is C.C.C.C#Cc1ccccc1C(C)C(N)=O.Cc1cnc(Cc2cnn(C)c2)nc1CCc1ccccc1C(C)C(N)=O.Cc1cnc(Cl)nc1C#Cc1ccccc1C(C)C(N)=O.Cc1cnc(Cl)nc1CCc1ccccc1C(C)C(N)=O.Cc1cnc(Cl)nc1Cl.Cn1cc(N)cn1.[H-].[K+].[K][K].[K][K].[K][K]. The minimum atomic E-state index is -0.398. The molecule has 0 saturated heterocycles. The summed E-state index contributed by atoms with van der Waals surface area (Å²) in [5.41, 5.74) is 42.1. The number of nitrogens with two attached hydrogens (primary N) is 5. The number of anilines is 1. The number of primary amides is 4. The maximum atomic E-state index is 11.6. The van der Waals surface area contributed by atoms with E-state index in [1.54, 1.807) is 60.3 Å². The topological polar surface area (TPSA) is 337 Å². The van der Waals surface area contributed by atoms with Crippen LogP contribution in [0.1, 0.15) is 170 Å². The molecular weight excluding hydrogens is 1630 g/mol. The molecule has 0 aliphatic carbocycles. The van der Waals surface area contributed by atoms with Crippen molar-refractivity contribution in [2.45, 2.75) is 133 Å². The van der Waals surface area contributed by atoms with Crippen LogP contribution in [0, 0.1) is 51.9 Å². The number of hydrogen-bond acceptors (Lipinski definition) is 15. The summed E-state index contributed by atoms with van der Waals surface area (Å²) in [7, 11) is 3.73. The fourth-order valence-corrected chi connectivity index (χ4v) is 9.90. The van der Waals surface area contributed by atoms with Crippen LogP contribution in [0.2, 0.25) is 21.0 Å². The van der Waals surface area contributed by atoms with Gasteiger partial charge in [0.2, 0.25) is 39.5 Å². The second kappa shape index (κ2) is 64.0. The third-order valence-electron chi connectivity index (χ3n) is 15.2. The number of benzene rings is 4. The summed E-state index contributed by atoms with van der Waals surface area (Å²) in [6.45, 7) is 14.9. The molecule has 4 aromatic carbocycles. The number of aryl methyl sites for hydroxylation is 10. The first-order valence-corrected chi connectivity index (χ1v) is 83.2. The van der Waals surface area contributed by atoms with E-state index in [4.69, 9.17) is 86.5 Å². The van der Waals surface area contributed by atoms with Crippen LogP contribution in [0.3, 0.4) is 0 Å². The summed E-state index contributed by atoms with van der Waals surface area (Å²) in [6, 6.07) is 30.5. The Morgan fingerprint density at radius 1 is 0.472 bits per heavy atom. The Morgan fingerprint density at radius 3 is 1.25 bits per heavy atom. The Balaban J connectivity index is -0.000000617. The molecule has 0 aliphatic rings. The van der Waals surface area contributed by atoms with Gasteiger partial charge in [0.15, 0.2) is 0 Å². The van der Waals surface area contributed by atoms with E-state index in [1.165, 1.54) is 189 Å².